The molecule has 0 aromatic heterocycles. The van der Waals surface area contributed by atoms with Gasteiger partial charge >= 0.3 is 6.09 Å². The van der Waals surface area contributed by atoms with E-state index in [4.69, 9.17) is 5.11 Å². The lowest BCUT2D eigenvalue weighted by atomic mass is 10.3. The fourth-order valence-corrected chi connectivity index (χ4v) is 3.37. The van der Waals surface area contributed by atoms with Crippen LogP contribution in [0, 0.1) is 0 Å². The van der Waals surface area contributed by atoms with Gasteiger partial charge in [-0.1, -0.05) is 63.1 Å². The third-order valence-electron chi connectivity index (χ3n) is 2.13. The maximum atomic E-state index is 10.6. The van der Waals surface area contributed by atoms with E-state index in [1.54, 1.807) is 23.5 Å². The van der Waals surface area contributed by atoms with Gasteiger partial charge in [-0.3, -0.25) is 0 Å². The Bertz CT molecular complexity index is 219. The van der Waals surface area contributed by atoms with Crippen molar-refractivity contribution in [1.82, 2.24) is 0 Å². The summed E-state index contributed by atoms with van der Waals surface area (Å²) in [6.07, 6.45) is 5.98. The van der Waals surface area contributed by atoms with Crippen LogP contribution in [-0.4, -0.2) is 27.1 Å². The molecule has 3 nitrogen and oxygen atoms in total. The van der Waals surface area contributed by atoms with Crippen LogP contribution >= 0.6 is 23.5 Å². The molecule has 0 bridgehead atoms. The van der Waals surface area contributed by atoms with Crippen LogP contribution in [0.2, 0.25) is 0 Å². The van der Waals surface area contributed by atoms with E-state index in [2.05, 4.69) is 18.8 Å². The Labute approximate surface area is 113 Å². The highest BCUT2D eigenvalue weighted by Crippen LogP contribution is 2.20. The molecule has 0 radical (unpaired) electrons. The van der Waals surface area contributed by atoms with Crippen molar-refractivity contribution in [2.75, 3.05) is 11.5 Å². The molecule has 0 saturated heterocycles. The van der Waals surface area contributed by atoms with E-state index in [0.29, 0.717) is 4.38 Å². The van der Waals surface area contributed by atoms with Crippen LogP contribution in [-0.2, 0) is 0 Å². The number of hydrogen-bond acceptors (Lipinski definition) is 3. The van der Waals surface area contributed by atoms with Crippen LogP contribution in [0.15, 0.2) is 4.99 Å². The minimum Gasteiger partial charge on any atom is -0.463 e. The molecule has 5 heteroatoms. The van der Waals surface area contributed by atoms with Gasteiger partial charge in [0.05, 0.1) is 0 Å². The van der Waals surface area contributed by atoms with Crippen molar-refractivity contribution in [3.05, 3.63) is 0 Å². The number of carboxylic acid groups (broad SMARTS) is 1. The monoisotopic (exact) mass is 277 g/mol. The zero-order valence-corrected chi connectivity index (χ0v) is 12.4. The number of rotatable bonds is 8. The van der Waals surface area contributed by atoms with E-state index in [0.717, 1.165) is 24.3 Å². The van der Waals surface area contributed by atoms with E-state index >= 15 is 0 Å². The Morgan fingerprint density at radius 2 is 1.47 bits per heavy atom. The molecule has 0 atom stereocenters. The lowest BCUT2D eigenvalue weighted by molar-refractivity contribution is 0.206. The van der Waals surface area contributed by atoms with Crippen molar-refractivity contribution in [1.29, 1.82) is 0 Å². The molecule has 100 valence electrons. The van der Waals surface area contributed by atoms with Crippen LogP contribution in [0.1, 0.15) is 52.4 Å². The molecule has 0 rings (SSSR count). The summed E-state index contributed by atoms with van der Waals surface area (Å²) in [5, 5.41) is 8.68. The summed E-state index contributed by atoms with van der Waals surface area (Å²) in [5.74, 6) is 1.95. The van der Waals surface area contributed by atoms with Crippen molar-refractivity contribution in [3.8, 4) is 0 Å². The normalized spacial score (nSPS) is 10.2. The van der Waals surface area contributed by atoms with Crippen molar-refractivity contribution in [3.63, 3.8) is 0 Å². The average molecular weight is 277 g/mol. The predicted octanol–water partition coefficient (Wildman–Crippen LogP) is 4.87. The Kier molecular flexibility index (Phi) is 12.2. The molecular weight excluding hydrogens is 254 g/mol. The van der Waals surface area contributed by atoms with E-state index in [1.165, 1.54) is 25.7 Å². The van der Waals surface area contributed by atoms with Gasteiger partial charge in [0.1, 0.15) is 4.38 Å². The minimum atomic E-state index is -1.08. The summed E-state index contributed by atoms with van der Waals surface area (Å²) in [6, 6.07) is 0. The van der Waals surface area contributed by atoms with Gasteiger partial charge in [-0.05, 0) is 12.8 Å². The predicted molar refractivity (Wildman–Crippen MR) is 79.4 cm³/mol. The maximum Gasteiger partial charge on any atom is 0.432 e. The third kappa shape index (κ3) is 12.1. The van der Waals surface area contributed by atoms with E-state index in [1.807, 2.05) is 0 Å². The Hall–Kier alpha value is -0.160. The molecular formula is C12H23NO2S2. The number of carbonyl (C=O) groups is 1. The second-order valence-electron chi connectivity index (χ2n) is 3.77. The topological polar surface area (TPSA) is 49.7 Å². The number of hydrogen-bond donors (Lipinski definition) is 1. The molecule has 0 aliphatic rings. The highest BCUT2D eigenvalue weighted by Gasteiger charge is 2.04. The van der Waals surface area contributed by atoms with Gasteiger partial charge in [-0.2, -0.15) is 4.99 Å². The summed E-state index contributed by atoms with van der Waals surface area (Å²) in [6.45, 7) is 4.33. The smallest absolute Gasteiger partial charge is 0.432 e. The molecule has 0 heterocycles. The fourth-order valence-electron chi connectivity index (χ4n) is 1.21. The van der Waals surface area contributed by atoms with Crippen molar-refractivity contribution < 1.29 is 9.90 Å². The highest BCUT2D eigenvalue weighted by atomic mass is 32.2. The molecule has 17 heavy (non-hydrogen) atoms. The van der Waals surface area contributed by atoms with Crippen LogP contribution in [0.25, 0.3) is 0 Å². The number of nitrogens with zero attached hydrogens (tertiary/aromatic N) is 1. The van der Waals surface area contributed by atoms with Crippen LogP contribution in [0.4, 0.5) is 4.79 Å². The van der Waals surface area contributed by atoms with Gasteiger partial charge in [-0.25, -0.2) is 4.79 Å². The van der Waals surface area contributed by atoms with Crippen molar-refractivity contribution in [2.45, 2.75) is 52.4 Å². The Morgan fingerprint density at radius 1 is 1.00 bits per heavy atom. The molecule has 0 aliphatic heterocycles. The second-order valence-corrected chi connectivity index (χ2v) is 6.20. The van der Waals surface area contributed by atoms with E-state index in [-0.39, 0.29) is 0 Å². The first-order valence-corrected chi connectivity index (χ1v) is 8.25. The van der Waals surface area contributed by atoms with Gasteiger partial charge < -0.3 is 5.11 Å². The number of thioether (sulfide) groups is 2. The largest absolute Gasteiger partial charge is 0.463 e. The SMILES string of the molecule is CCCCCSC(=NC(=O)O)SCCCCC. The first kappa shape index (κ1) is 16.8. The summed E-state index contributed by atoms with van der Waals surface area (Å²) in [7, 11) is 0. The van der Waals surface area contributed by atoms with Gasteiger partial charge in [-0.15, -0.1) is 0 Å². The molecule has 1 amide bonds. The first-order valence-electron chi connectivity index (χ1n) is 6.27. The Morgan fingerprint density at radius 3 is 1.82 bits per heavy atom. The second kappa shape index (κ2) is 12.3. The fraction of sp³-hybridized carbons (Fsp3) is 0.833. The van der Waals surface area contributed by atoms with Crippen molar-refractivity contribution in [2.24, 2.45) is 4.99 Å². The average Bonchev–Trinajstić information content (AvgIpc) is 2.29. The third-order valence-corrected chi connectivity index (χ3v) is 4.50. The summed E-state index contributed by atoms with van der Waals surface area (Å²) < 4.78 is 0.713. The maximum absolute atomic E-state index is 10.6. The zero-order chi connectivity index (χ0) is 12.9. The highest BCUT2D eigenvalue weighted by molar-refractivity contribution is 8.38. The molecule has 0 aromatic carbocycles. The number of aliphatic imine (C=N–C) groups is 1. The summed E-state index contributed by atoms with van der Waals surface area (Å²) >= 11 is 3.16. The standard InChI is InChI=1S/C12H23NO2S2/c1-3-5-7-9-16-12(13-11(14)15)17-10-8-6-4-2/h3-10H2,1-2H3,(H,14,15). The molecule has 0 spiro atoms. The molecule has 0 fully saturated rings. The zero-order valence-electron chi connectivity index (χ0n) is 10.8. The first-order chi connectivity index (χ1) is 8.20. The van der Waals surface area contributed by atoms with Crippen molar-refractivity contribution >= 4 is 34.0 Å². The molecule has 0 aromatic rings. The van der Waals surface area contributed by atoms with Gasteiger partial charge in [0.25, 0.3) is 0 Å². The lowest BCUT2D eigenvalue weighted by Gasteiger charge is -2.04. The summed E-state index contributed by atoms with van der Waals surface area (Å²) in [5.41, 5.74) is 0. The van der Waals surface area contributed by atoms with E-state index < -0.39 is 6.09 Å². The van der Waals surface area contributed by atoms with Gasteiger partial charge in [0, 0.05) is 11.5 Å². The number of amides is 1. The Balaban J connectivity index is 3.85. The van der Waals surface area contributed by atoms with Crippen LogP contribution < -0.4 is 0 Å². The minimum absolute atomic E-state index is 0.713. The van der Waals surface area contributed by atoms with Crippen LogP contribution in [0.3, 0.4) is 0 Å². The van der Waals surface area contributed by atoms with E-state index in [9.17, 15) is 4.79 Å². The number of unbranched alkanes of at least 4 members (excludes halogenated alkanes) is 4. The molecule has 0 aliphatic carbocycles. The van der Waals surface area contributed by atoms with Gasteiger partial charge in [0.2, 0.25) is 0 Å². The van der Waals surface area contributed by atoms with Crippen LogP contribution in [0.5, 0.6) is 0 Å². The molecule has 1 N–H and O–H groups in total. The lowest BCUT2D eigenvalue weighted by Crippen LogP contribution is -1.96. The molecule has 0 unspecified atom stereocenters. The van der Waals surface area contributed by atoms with Gasteiger partial charge in [0.15, 0.2) is 0 Å². The quantitative estimate of drug-likeness (QED) is 0.391. The molecule has 0 saturated carbocycles. The summed E-state index contributed by atoms with van der Waals surface area (Å²) in [4.78, 5) is 14.2.